The molecule has 138 valence electrons. The van der Waals surface area contributed by atoms with E-state index in [1.165, 1.54) is 11.1 Å². The number of hydrogen-bond acceptors (Lipinski definition) is 4. The van der Waals surface area contributed by atoms with Crippen LogP contribution in [0.4, 0.5) is 0 Å². The molecule has 4 nitrogen and oxygen atoms in total. The van der Waals surface area contributed by atoms with Crippen LogP contribution in [0.1, 0.15) is 69.6 Å². The normalized spacial score (nSPS) is 14.1. The van der Waals surface area contributed by atoms with Gasteiger partial charge in [-0.1, -0.05) is 58.0 Å². The SMILES string of the molecule is CC(C)c1ccc([C@@H]([NH2+][C@@H](C)c2nnc(-c3cccs3)o2)C(C)C)cc1. The zero-order valence-corrected chi connectivity index (χ0v) is 17.0. The second kappa shape index (κ2) is 8.14. The third kappa shape index (κ3) is 4.22. The molecule has 2 atom stereocenters. The molecule has 2 N–H and O–H groups in total. The molecule has 3 rings (SSSR count). The molecule has 0 aliphatic carbocycles. The van der Waals surface area contributed by atoms with Crippen molar-refractivity contribution in [1.29, 1.82) is 0 Å². The molecule has 0 spiro atoms. The molecule has 0 aliphatic rings. The molecule has 2 aromatic heterocycles. The minimum atomic E-state index is 0.105. The van der Waals surface area contributed by atoms with E-state index in [9.17, 15) is 0 Å². The van der Waals surface area contributed by atoms with Gasteiger partial charge in [-0.2, -0.15) is 0 Å². The van der Waals surface area contributed by atoms with Crippen LogP contribution in [0.2, 0.25) is 0 Å². The first kappa shape index (κ1) is 18.8. The monoisotopic (exact) mass is 370 g/mol. The summed E-state index contributed by atoms with van der Waals surface area (Å²) in [6, 6.07) is 13.5. The van der Waals surface area contributed by atoms with Gasteiger partial charge in [0.25, 0.3) is 11.8 Å². The predicted octanol–water partition coefficient (Wildman–Crippen LogP) is 4.94. The van der Waals surface area contributed by atoms with Crippen LogP contribution in [0.3, 0.4) is 0 Å². The number of hydrogen-bond donors (Lipinski definition) is 1. The molecule has 2 heterocycles. The van der Waals surface area contributed by atoms with E-state index in [4.69, 9.17) is 4.42 Å². The Balaban J connectivity index is 1.75. The highest BCUT2D eigenvalue weighted by molar-refractivity contribution is 7.13. The van der Waals surface area contributed by atoms with Gasteiger partial charge in [-0.15, -0.1) is 21.5 Å². The molecule has 0 bridgehead atoms. The highest BCUT2D eigenvalue weighted by atomic mass is 32.1. The van der Waals surface area contributed by atoms with E-state index >= 15 is 0 Å². The van der Waals surface area contributed by atoms with Crippen LogP contribution in [0.25, 0.3) is 10.8 Å². The summed E-state index contributed by atoms with van der Waals surface area (Å²) in [5, 5.41) is 12.8. The number of nitrogens with two attached hydrogens (primary N) is 1. The molecular weight excluding hydrogens is 342 g/mol. The molecule has 0 aliphatic heterocycles. The fourth-order valence-corrected chi connectivity index (χ4v) is 3.78. The van der Waals surface area contributed by atoms with E-state index < -0.39 is 0 Å². The van der Waals surface area contributed by atoms with E-state index in [1.54, 1.807) is 11.3 Å². The molecule has 1 aromatic carbocycles. The zero-order chi connectivity index (χ0) is 18.7. The number of aromatic nitrogens is 2. The van der Waals surface area contributed by atoms with Crippen molar-refractivity contribution in [3.63, 3.8) is 0 Å². The van der Waals surface area contributed by atoms with Crippen LogP contribution in [0, 0.1) is 5.92 Å². The Morgan fingerprint density at radius 1 is 0.923 bits per heavy atom. The van der Waals surface area contributed by atoms with Gasteiger partial charge in [-0.05, 0) is 29.9 Å². The maximum Gasteiger partial charge on any atom is 0.274 e. The summed E-state index contributed by atoms with van der Waals surface area (Å²) in [6.45, 7) is 11.1. The lowest BCUT2D eigenvalue weighted by Gasteiger charge is -2.22. The standard InChI is InChI=1S/C21H27N3OS/c1-13(2)16-8-10-17(11-9-16)19(14(3)4)22-15(5)20-23-24-21(25-20)18-7-6-12-26-18/h6-15,19,22H,1-5H3/p+1/t15-,19-/m0/s1. The molecule has 0 saturated carbocycles. The second-order valence-electron chi connectivity index (χ2n) is 7.50. The molecule has 0 radical (unpaired) electrons. The Hall–Kier alpha value is -1.98. The second-order valence-corrected chi connectivity index (χ2v) is 8.44. The summed E-state index contributed by atoms with van der Waals surface area (Å²) in [5.41, 5.74) is 2.72. The maximum absolute atomic E-state index is 5.91. The quantitative estimate of drug-likeness (QED) is 0.640. The summed E-state index contributed by atoms with van der Waals surface area (Å²) in [7, 11) is 0. The largest absolute Gasteiger partial charge is 0.414 e. The van der Waals surface area contributed by atoms with Crippen LogP contribution in [-0.2, 0) is 0 Å². The van der Waals surface area contributed by atoms with Crippen LogP contribution in [0.5, 0.6) is 0 Å². The van der Waals surface area contributed by atoms with Gasteiger partial charge in [0.05, 0.1) is 4.88 Å². The van der Waals surface area contributed by atoms with Crippen LogP contribution in [0.15, 0.2) is 46.2 Å². The van der Waals surface area contributed by atoms with Crippen molar-refractivity contribution < 1.29 is 9.73 Å². The van der Waals surface area contributed by atoms with E-state index in [2.05, 4.69) is 74.4 Å². The van der Waals surface area contributed by atoms with E-state index in [0.29, 0.717) is 29.7 Å². The van der Waals surface area contributed by atoms with Gasteiger partial charge in [-0.25, -0.2) is 0 Å². The maximum atomic E-state index is 5.91. The van der Waals surface area contributed by atoms with Crippen molar-refractivity contribution in [2.45, 2.75) is 52.6 Å². The number of rotatable bonds is 7. The molecule has 26 heavy (non-hydrogen) atoms. The molecule has 0 saturated heterocycles. The third-order valence-electron chi connectivity index (χ3n) is 4.76. The smallest absolute Gasteiger partial charge is 0.274 e. The summed E-state index contributed by atoms with van der Waals surface area (Å²) in [4.78, 5) is 1.01. The average Bonchev–Trinajstić information content (AvgIpc) is 3.30. The minimum absolute atomic E-state index is 0.105. The topological polar surface area (TPSA) is 55.5 Å². The lowest BCUT2D eigenvalue weighted by atomic mass is 9.93. The van der Waals surface area contributed by atoms with Crippen molar-refractivity contribution in [3.8, 4) is 10.8 Å². The van der Waals surface area contributed by atoms with Gasteiger partial charge in [0.15, 0.2) is 6.04 Å². The molecule has 5 heteroatoms. The van der Waals surface area contributed by atoms with Crippen molar-refractivity contribution in [1.82, 2.24) is 10.2 Å². The van der Waals surface area contributed by atoms with Gasteiger partial charge in [0, 0.05) is 11.5 Å². The van der Waals surface area contributed by atoms with Crippen molar-refractivity contribution >= 4 is 11.3 Å². The molecule has 0 fully saturated rings. The predicted molar refractivity (Wildman–Crippen MR) is 106 cm³/mol. The van der Waals surface area contributed by atoms with Crippen molar-refractivity contribution in [3.05, 3.63) is 58.8 Å². The number of quaternary nitrogens is 1. The molecule has 3 aromatic rings. The highest BCUT2D eigenvalue weighted by Gasteiger charge is 2.26. The highest BCUT2D eigenvalue weighted by Crippen LogP contribution is 2.25. The Morgan fingerprint density at radius 3 is 2.19 bits per heavy atom. The first-order chi connectivity index (χ1) is 12.5. The number of benzene rings is 1. The average molecular weight is 371 g/mol. The molecular formula is C21H28N3OS+. The fraction of sp³-hybridized carbons (Fsp3) is 0.429. The lowest BCUT2D eigenvalue weighted by Crippen LogP contribution is -2.86. The van der Waals surface area contributed by atoms with Crippen LogP contribution < -0.4 is 5.32 Å². The van der Waals surface area contributed by atoms with Crippen molar-refractivity contribution in [2.75, 3.05) is 0 Å². The van der Waals surface area contributed by atoms with Gasteiger partial charge in [0.2, 0.25) is 0 Å². The number of nitrogens with zero attached hydrogens (tertiary/aromatic N) is 2. The third-order valence-corrected chi connectivity index (χ3v) is 5.62. The summed E-state index contributed by atoms with van der Waals surface area (Å²) in [6.07, 6.45) is 0. The van der Waals surface area contributed by atoms with E-state index in [0.717, 1.165) is 4.88 Å². The molecule has 0 unspecified atom stereocenters. The van der Waals surface area contributed by atoms with Gasteiger partial charge >= 0.3 is 0 Å². The van der Waals surface area contributed by atoms with Gasteiger partial charge < -0.3 is 9.73 Å². The fourth-order valence-electron chi connectivity index (χ4n) is 3.13. The van der Waals surface area contributed by atoms with Crippen LogP contribution >= 0.6 is 11.3 Å². The summed E-state index contributed by atoms with van der Waals surface area (Å²) in [5.74, 6) is 2.34. The summed E-state index contributed by atoms with van der Waals surface area (Å²) >= 11 is 1.61. The first-order valence-corrected chi connectivity index (χ1v) is 10.2. The number of thiophene rings is 1. The Bertz CT molecular complexity index is 806. The summed E-state index contributed by atoms with van der Waals surface area (Å²) < 4.78 is 5.91. The van der Waals surface area contributed by atoms with Gasteiger partial charge in [0.1, 0.15) is 6.04 Å². The zero-order valence-electron chi connectivity index (χ0n) is 16.1. The lowest BCUT2D eigenvalue weighted by molar-refractivity contribution is -0.739. The Labute approximate surface area is 159 Å². The van der Waals surface area contributed by atoms with Crippen LogP contribution in [-0.4, -0.2) is 10.2 Å². The Kier molecular flexibility index (Phi) is 5.89. The Morgan fingerprint density at radius 2 is 1.62 bits per heavy atom. The molecule has 0 amide bonds. The van der Waals surface area contributed by atoms with E-state index in [1.807, 2.05) is 17.5 Å². The van der Waals surface area contributed by atoms with Crippen molar-refractivity contribution in [2.24, 2.45) is 5.92 Å². The van der Waals surface area contributed by atoms with Gasteiger partial charge in [-0.3, -0.25) is 0 Å². The first-order valence-electron chi connectivity index (χ1n) is 9.27. The minimum Gasteiger partial charge on any atom is -0.414 e. The van der Waals surface area contributed by atoms with E-state index in [-0.39, 0.29) is 6.04 Å².